The smallest absolute Gasteiger partial charge is 0.251 e. The van der Waals surface area contributed by atoms with Crippen molar-refractivity contribution in [2.24, 2.45) is 0 Å². The molecule has 1 aliphatic carbocycles. The van der Waals surface area contributed by atoms with Crippen LogP contribution in [0.2, 0.25) is 5.02 Å². The van der Waals surface area contributed by atoms with Gasteiger partial charge in [-0.1, -0.05) is 17.7 Å². The topological polar surface area (TPSA) is 57.8 Å². The molecule has 0 radical (unpaired) electrons. The molecule has 0 aliphatic heterocycles. The van der Waals surface area contributed by atoms with Gasteiger partial charge in [-0.3, -0.25) is 4.79 Å². The lowest BCUT2D eigenvalue weighted by Gasteiger charge is -2.05. The van der Waals surface area contributed by atoms with Gasteiger partial charge < -0.3 is 10.3 Å². The summed E-state index contributed by atoms with van der Waals surface area (Å²) in [4.78, 5) is 20.0. The number of hydrogen-bond donors (Lipinski definition) is 2. The van der Waals surface area contributed by atoms with Crippen LogP contribution in [0.4, 0.5) is 0 Å². The minimum Gasteiger partial charge on any atom is -0.310 e. The highest BCUT2D eigenvalue weighted by Crippen LogP contribution is 2.24. The van der Waals surface area contributed by atoms with Crippen LogP contribution in [0.15, 0.2) is 40.0 Å². The molecule has 1 saturated carbocycles. The molecule has 0 saturated heterocycles. The molecule has 4 nitrogen and oxygen atoms in total. The molecule has 1 fully saturated rings. The average molecular weight is 322 g/mol. The largest absolute Gasteiger partial charge is 0.310 e. The summed E-state index contributed by atoms with van der Waals surface area (Å²) < 4.78 is 0. The van der Waals surface area contributed by atoms with Crippen LogP contribution >= 0.6 is 23.4 Å². The first-order valence-electron chi connectivity index (χ1n) is 6.90. The minimum absolute atomic E-state index is 0.0979. The Kier molecular flexibility index (Phi) is 4.63. The lowest BCUT2D eigenvalue weighted by molar-refractivity contribution is 0.668. The Hall–Kier alpha value is -1.30. The molecule has 2 aromatic rings. The Morgan fingerprint density at radius 3 is 3.00 bits per heavy atom. The Morgan fingerprint density at radius 2 is 2.24 bits per heavy atom. The molecule has 1 heterocycles. The fraction of sp³-hybridized carbons (Fsp3) is 0.333. The Morgan fingerprint density at radius 1 is 1.38 bits per heavy atom. The van der Waals surface area contributed by atoms with Crippen LogP contribution in [-0.2, 0) is 12.3 Å². The van der Waals surface area contributed by atoms with Crippen LogP contribution in [0.25, 0.3) is 0 Å². The predicted molar refractivity (Wildman–Crippen MR) is 85.7 cm³/mol. The first-order chi connectivity index (χ1) is 10.2. The summed E-state index contributed by atoms with van der Waals surface area (Å²) in [5.74, 6) is 1.31. The van der Waals surface area contributed by atoms with E-state index >= 15 is 0 Å². The number of aromatic nitrogens is 2. The summed E-state index contributed by atoms with van der Waals surface area (Å²) in [6, 6.07) is 9.82. The number of H-pyrrole nitrogens is 1. The van der Waals surface area contributed by atoms with E-state index in [9.17, 15) is 4.79 Å². The second-order valence-corrected chi connectivity index (χ2v) is 6.57. The SMILES string of the molecule is O=c1cc(CNC2CC2)nc(CSc2cccc(Cl)c2)[nH]1. The van der Waals surface area contributed by atoms with Gasteiger partial charge in [0.25, 0.3) is 5.56 Å². The average Bonchev–Trinajstić information content (AvgIpc) is 3.27. The number of benzene rings is 1. The molecule has 1 aromatic heterocycles. The molecule has 0 atom stereocenters. The molecule has 1 aliphatic rings. The Balaban J connectivity index is 1.65. The molecule has 0 spiro atoms. The van der Waals surface area contributed by atoms with Crippen molar-refractivity contribution < 1.29 is 0 Å². The van der Waals surface area contributed by atoms with E-state index in [4.69, 9.17) is 11.6 Å². The second kappa shape index (κ2) is 6.64. The molecule has 2 N–H and O–H groups in total. The molecular weight excluding hydrogens is 306 g/mol. The van der Waals surface area contributed by atoms with Gasteiger partial charge in [0.05, 0.1) is 11.4 Å². The fourth-order valence-corrected chi connectivity index (χ4v) is 3.05. The van der Waals surface area contributed by atoms with Crippen LogP contribution in [0, 0.1) is 0 Å². The van der Waals surface area contributed by atoms with Gasteiger partial charge in [0, 0.05) is 28.6 Å². The number of rotatable bonds is 6. The monoisotopic (exact) mass is 321 g/mol. The molecule has 0 bridgehead atoms. The lowest BCUT2D eigenvalue weighted by atomic mass is 10.4. The van der Waals surface area contributed by atoms with Gasteiger partial charge in [0.1, 0.15) is 5.82 Å². The van der Waals surface area contributed by atoms with Gasteiger partial charge >= 0.3 is 0 Å². The molecule has 21 heavy (non-hydrogen) atoms. The number of nitrogens with one attached hydrogen (secondary N) is 2. The maximum absolute atomic E-state index is 11.7. The van der Waals surface area contributed by atoms with Crippen molar-refractivity contribution in [3.05, 3.63) is 57.2 Å². The molecule has 110 valence electrons. The second-order valence-electron chi connectivity index (χ2n) is 5.08. The molecule has 6 heteroatoms. The van der Waals surface area contributed by atoms with E-state index in [1.54, 1.807) is 17.8 Å². The normalized spacial score (nSPS) is 14.3. The molecule has 3 rings (SSSR count). The van der Waals surface area contributed by atoms with Gasteiger partial charge in [-0.2, -0.15) is 0 Å². The third-order valence-corrected chi connectivity index (χ3v) is 4.40. The van der Waals surface area contributed by atoms with E-state index in [0.29, 0.717) is 29.2 Å². The number of thioether (sulfide) groups is 1. The van der Waals surface area contributed by atoms with Crippen LogP contribution in [-0.4, -0.2) is 16.0 Å². The van der Waals surface area contributed by atoms with Crippen molar-refractivity contribution in [1.82, 2.24) is 15.3 Å². The Bertz CT molecular complexity index is 685. The molecule has 0 unspecified atom stereocenters. The standard InChI is InChI=1S/C15H16ClN3OS/c16-10-2-1-3-13(6-10)21-9-14-18-12(7-15(20)19-14)8-17-11-4-5-11/h1-3,6-7,11,17H,4-5,8-9H2,(H,18,19,20). The molecular formula is C15H16ClN3OS. The zero-order valence-electron chi connectivity index (χ0n) is 11.4. The summed E-state index contributed by atoms with van der Waals surface area (Å²) in [5, 5.41) is 4.08. The van der Waals surface area contributed by atoms with E-state index in [1.807, 2.05) is 24.3 Å². The van der Waals surface area contributed by atoms with Gasteiger partial charge in [0.2, 0.25) is 0 Å². The summed E-state index contributed by atoms with van der Waals surface area (Å²) >= 11 is 7.56. The van der Waals surface area contributed by atoms with Crippen molar-refractivity contribution in [2.45, 2.75) is 36.1 Å². The highest BCUT2D eigenvalue weighted by molar-refractivity contribution is 7.98. The van der Waals surface area contributed by atoms with Crippen LogP contribution in [0.3, 0.4) is 0 Å². The third kappa shape index (κ3) is 4.59. The first kappa shape index (κ1) is 14.6. The van der Waals surface area contributed by atoms with Gasteiger partial charge in [-0.05, 0) is 31.0 Å². The summed E-state index contributed by atoms with van der Waals surface area (Å²) in [6.45, 7) is 0.656. The zero-order valence-corrected chi connectivity index (χ0v) is 13.0. The van der Waals surface area contributed by atoms with Crippen molar-refractivity contribution in [3.63, 3.8) is 0 Å². The number of nitrogens with zero attached hydrogens (tertiary/aromatic N) is 1. The highest BCUT2D eigenvalue weighted by atomic mass is 35.5. The van der Waals surface area contributed by atoms with E-state index in [0.717, 1.165) is 10.6 Å². The third-order valence-electron chi connectivity index (χ3n) is 3.16. The number of halogens is 1. The van der Waals surface area contributed by atoms with Crippen molar-refractivity contribution in [1.29, 1.82) is 0 Å². The van der Waals surface area contributed by atoms with E-state index in [1.165, 1.54) is 12.8 Å². The number of hydrogen-bond acceptors (Lipinski definition) is 4. The van der Waals surface area contributed by atoms with Crippen LogP contribution in [0.5, 0.6) is 0 Å². The zero-order chi connectivity index (χ0) is 14.7. The highest BCUT2D eigenvalue weighted by Gasteiger charge is 2.20. The lowest BCUT2D eigenvalue weighted by Crippen LogP contribution is -2.20. The van der Waals surface area contributed by atoms with Crippen molar-refractivity contribution in [2.75, 3.05) is 0 Å². The van der Waals surface area contributed by atoms with Gasteiger partial charge in [-0.15, -0.1) is 11.8 Å². The van der Waals surface area contributed by atoms with Crippen molar-refractivity contribution in [3.8, 4) is 0 Å². The predicted octanol–water partition coefficient (Wildman–Crippen LogP) is 2.97. The van der Waals surface area contributed by atoms with Crippen molar-refractivity contribution >= 4 is 23.4 Å². The van der Waals surface area contributed by atoms with Crippen LogP contribution < -0.4 is 10.9 Å². The molecule has 0 amide bonds. The molecule has 1 aromatic carbocycles. The van der Waals surface area contributed by atoms with Gasteiger partial charge in [0.15, 0.2) is 0 Å². The maximum atomic E-state index is 11.7. The quantitative estimate of drug-likeness (QED) is 0.803. The summed E-state index contributed by atoms with van der Waals surface area (Å²) in [5.41, 5.74) is 0.701. The maximum Gasteiger partial charge on any atom is 0.251 e. The summed E-state index contributed by atoms with van der Waals surface area (Å²) in [6.07, 6.45) is 2.45. The number of aromatic amines is 1. The van der Waals surface area contributed by atoms with E-state index < -0.39 is 0 Å². The minimum atomic E-state index is -0.0979. The summed E-state index contributed by atoms with van der Waals surface area (Å²) in [7, 11) is 0. The van der Waals surface area contributed by atoms with E-state index in [2.05, 4.69) is 15.3 Å². The Labute approximate surface area is 132 Å². The van der Waals surface area contributed by atoms with Gasteiger partial charge in [-0.25, -0.2) is 4.98 Å². The first-order valence-corrected chi connectivity index (χ1v) is 8.26. The van der Waals surface area contributed by atoms with E-state index in [-0.39, 0.29) is 5.56 Å². The fourth-order valence-electron chi connectivity index (χ4n) is 1.97. The van der Waals surface area contributed by atoms with Crippen LogP contribution in [0.1, 0.15) is 24.4 Å².